The molecule has 1 fully saturated rings. The van der Waals surface area contributed by atoms with Gasteiger partial charge in [0.2, 0.25) is 0 Å². The minimum atomic E-state index is -0.0317. The summed E-state index contributed by atoms with van der Waals surface area (Å²) in [7, 11) is 0. The van der Waals surface area contributed by atoms with Gasteiger partial charge >= 0.3 is 0 Å². The zero-order valence-corrected chi connectivity index (χ0v) is 12.2. The van der Waals surface area contributed by atoms with E-state index in [9.17, 15) is 4.79 Å². The van der Waals surface area contributed by atoms with Crippen LogP contribution in [0.5, 0.6) is 5.75 Å². The van der Waals surface area contributed by atoms with Crippen LogP contribution in [0.25, 0.3) is 0 Å². The minimum absolute atomic E-state index is 0.0275. The SMILES string of the molecule is Cc1cc(Cl)ccc1OCC(=O)N1CCC(C#N)CC1. The molecule has 1 aliphatic rings. The Bertz CT molecular complexity index is 531. The number of benzene rings is 1. The second-order valence-electron chi connectivity index (χ2n) is 4.98. The van der Waals surface area contributed by atoms with Gasteiger partial charge in [-0.1, -0.05) is 11.6 Å². The number of likely N-dealkylation sites (tertiary alicyclic amines) is 1. The molecule has 0 radical (unpaired) electrons. The van der Waals surface area contributed by atoms with E-state index < -0.39 is 0 Å². The molecule has 1 aliphatic heterocycles. The van der Waals surface area contributed by atoms with Gasteiger partial charge in [-0.05, 0) is 43.5 Å². The highest BCUT2D eigenvalue weighted by atomic mass is 35.5. The van der Waals surface area contributed by atoms with Crippen LogP contribution < -0.4 is 4.74 Å². The largest absolute Gasteiger partial charge is 0.483 e. The molecule has 1 amide bonds. The van der Waals surface area contributed by atoms with Crippen LogP contribution in [-0.2, 0) is 4.79 Å². The molecule has 1 saturated heterocycles. The number of carbonyl (C=O) groups excluding carboxylic acids is 1. The number of halogens is 1. The second kappa shape index (κ2) is 6.62. The van der Waals surface area contributed by atoms with Gasteiger partial charge in [0.25, 0.3) is 5.91 Å². The first-order valence-electron chi connectivity index (χ1n) is 6.66. The van der Waals surface area contributed by atoms with E-state index >= 15 is 0 Å². The van der Waals surface area contributed by atoms with Gasteiger partial charge in [0, 0.05) is 24.0 Å². The molecule has 1 heterocycles. The van der Waals surface area contributed by atoms with Crippen molar-refractivity contribution in [3.8, 4) is 11.8 Å². The molecule has 106 valence electrons. The molecule has 0 spiro atoms. The van der Waals surface area contributed by atoms with Crippen LogP contribution in [-0.4, -0.2) is 30.5 Å². The van der Waals surface area contributed by atoms with Crippen molar-refractivity contribution in [1.82, 2.24) is 4.90 Å². The molecule has 0 saturated carbocycles. The Morgan fingerprint density at radius 2 is 2.20 bits per heavy atom. The third-order valence-corrected chi connectivity index (χ3v) is 3.75. The number of ether oxygens (including phenoxy) is 1. The summed E-state index contributed by atoms with van der Waals surface area (Å²) in [6.07, 6.45) is 1.50. The van der Waals surface area contributed by atoms with Crippen molar-refractivity contribution in [1.29, 1.82) is 5.26 Å². The van der Waals surface area contributed by atoms with Crippen molar-refractivity contribution >= 4 is 17.5 Å². The lowest BCUT2D eigenvalue weighted by Gasteiger charge is -2.29. The molecule has 0 atom stereocenters. The molecule has 0 bridgehead atoms. The lowest BCUT2D eigenvalue weighted by Crippen LogP contribution is -2.40. The highest BCUT2D eigenvalue weighted by Crippen LogP contribution is 2.22. The molecule has 0 unspecified atom stereocenters. The molecule has 0 N–H and O–H groups in total. The van der Waals surface area contributed by atoms with Crippen LogP contribution >= 0.6 is 11.6 Å². The van der Waals surface area contributed by atoms with Gasteiger partial charge in [0.05, 0.1) is 6.07 Å². The fourth-order valence-electron chi connectivity index (χ4n) is 2.26. The van der Waals surface area contributed by atoms with E-state index in [1.165, 1.54) is 0 Å². The predicted molar refractivity (Wildman–Crippen MR) is 76.6 cm³/mol. The maximum atomic E-state index is 12.0. The monoisotopic (exact) mass is 292 g/mol. The minimum Gasteiger partial charge on any atom is -0.483 e. The van der Waals surface area contributed by atoms with E-state index in [1.807, 2.05) is 6.92 Å². The van der Waals surface area contributed by atoms with E-state index in [0.29, 0.717) is 23.9 Å². The molecular formula is C15H17ClN2O2. The number of nitrogens with zero attached hydrogens (tertiary/aromatic N) is 2. The van der Waals surface area contributed by atoms with Gasteiger partial charge in [-0.15, -0.1) is 0 Å². The van der Waals surface area contributed by atoms with E-state index in [2.05, 4.69) is 6.07 Å². The number of amides is 1. The summed E-state index contributed by atoms with van der Waals surface area (Å²) in [4.78, 5) is 13.8. The lowest BCUT2D eigenvalue weighted by molar-refractivity contribution is -0.134. The van der Waals surface area contributed by atoms with Crippen molar-refractivity contribution in [2.24, 2.45) is 5.92 Å². The normalized spacial score (nSPS) is 15.8. The van der Waals surface area contributed by atoms with E-state index in [-0.39, 0.29) is 18.4 Å². The molecule has 1 aromatic rings. The Balaban J connectivity index is 1.85. The van der Waals surface area contributed by atoms with Gasteiger partial charge in [-0.2, -0.15) is 5.26 Å². The summed E-state index contributed by atoms with van der Waals surface area (Å²) in [5.74, 6) is 0.726. The van der Waals surface area contributed by atoms with Crippen molar-refractivity contribution in [2.45, 2.75) is 19.8 Å². The Morgan fingerprint density at radius 3 is 2.80 bits per heavy atom. The van der Waals surface area contributed by atoms with Crippen LogP contribution in [0.3, 0.4) is 0 Å². The molecule has 4 nitrogen and oxygen atoms in total. The summed E-state index contributed by atoms with van der Waals surface area (Å²) < 4.78 is 5.55. The molecule has 0 aliphatic carbocycles. The van der Waals surface area contributed by atoms with Crippen LogP contribution in [0.1, 0.15) is 18.4 Å². The van der Waals surface area contributed by atoms with Gasteiger partial charge in [-0.25, -0.2) is 0 Å². The standard InChI is InChI=1S/C15H17ClN2O2/c1-11-8-13(16)2-3-14(11)20-10-15(19)18-6-4-12(9-17)5-7-18/h2-3,8,12H,4-7,10H2,1H3. The number of piperidine rings is 1. The average Bonchev–Trinajstić information content (AvgIpc) is 2.46. The van der Waals surface area contributed by atoms with E-state index in [0.717, 1.165) is 18.4 Å². The Kier molecular flexibility index (Phi) is 4.86. The molecule has 2 rings (SSSR count). The van der Waals surface area contributed by atoms with Crippen molar-refractivity contribution in [3.63, 3.8) is 0 Å². The number of hydrogen-bond acceptors (Lipinski definition) is 3. The van der Waals surface area contributed by atoms with Crippen molar-refractivity contribution < 1.29 is 9.53 Å². The van der Waals surface area contributed by atoms with Crippen LogP contribution in [0.4, 0.5) is 0 Å². The fraction of sp³-hybridized carbons (Fsp3) is 0.467. The third-order valence-electron chi connectivity index (χ3n) is 3.52. The van der Waals surface area contributed by atoms with Gasteiger partial charge in [0.1, 0.15) is 5.75 Å². The topological polar surface area (TPSA) is 53.3 Å². The maximum Gasteiger partial charge on any atom is 0.260 e. The van der Waals surface area contributed by atoms with Crippen LogP contribution in [0, 0.1) is 24.2 Å². The number of hydrogen-bond donors (Lipinski definition) is 0. The molecule has 5 heteroatoms. The summed E-state index contributed by atoms with van der Waals surface area (Å²) in [6, 6.07) is 7.57. The molecular weight excluding hydrogens is 276 g/mol. The lowest BCUT2D eigenvalue weighted by atomic mass is 9.99. The van der Waals surface area contributed by atoms with Crippen molar-refractivity contribution in [2.75, 3.05) is 19.7 Å². The number of aryl methyl sites for hydroxylation is 1. The summed E-state index contributed by atoms with van der Waals surface area (Å²) in [6.45, 7) is 3.20. The van der Waals surface area contributed by atoms with E-state index in [4.69, 9.17) is 21.6 Å². The summed E-state index contributed by atoms with van der Waals surface area (Å²) in [5, 5.41) is 9.48. The summed E-state index contributed by atoms with van der Waals surface area (Å²) >= 11 is 5.87. The number of nitriles is 1. The van der Waals surface area contributed by atoms with Gasteiger partial charge < -0.3 is 9.64 Å². The van der Waals surface area contributed by atoms with Crippen LogP contribution in [0.15, 0.2) is 18.2 Å². The molecule has 20 heavy (non-hydrogen) atoms. The maximum absolute atomic E-state index is 12.0. The highest BCUT2D eigenvalue weighted by molar-refractivity contribution is 6.30. The first-order valence-corrected chi connectivity index (χ1v) is 7.04. The van der Waals surface area contributed by atoms with Crippen LogP contribution in [0.2, 0.25) is 5.02 Å². The van der Waals surface area contributed by atoms with E-state index in [1.54, 1.807) is 23.1 Å². The summed E-state index contributed by atoms with van der Waals surface area (Å²) in [5.41, 5.74) is 0.911. The quantitative estimate of drug-likeness (QED) is 0.861. The third kappa shape index (κ3) is 3.64. The highest BCUT2D eigenvalue weighted by Gasteiger charge is 2.22. The average molecular weight is 293 g/mol. The second-order valence-corrected chi connectivity index (χ2v) is 5.42. The Morgan fingerprint density at radius 1 is 1.50 bits per heavy atom. The van der Waals surface area contributed by atoms with Crippen molar-refractivity contribution in [3.05, 3.63) is 28.8 Å². The molecule has 0 aromatic heterocycles. The van der Waals surface area contributed by atoms with Gasteiger partial charge in [-0.3, -0.25) is 4.79 Å². The molecule has 1 aromatic carbocycles. The first kappa shape index (κ1) is 14.7. The van der Waals surface area contributed by atoms with Gasteiger partial charge in [0.15, 0.2) is 6.61 Å². The Hall–Kier alpha value is -1.73. The number of rotatable bonds is 3. The Labute approximate surface area is 123 Å². The zero-order valence-electron chi connectivity index (χ0n) is 11.4. The number of carbonyl (C=O) groups is 1. The zero-order chi connectivity index (χ0) is 14.5. The fourth-order valence-corrected chi connectivity index (χ4v) is 2.49. The smallest absolute Gasteiger partial charge is 0.260 e. The first-order chi connectivity index (χ1) is 9.60. The predicted octanol–water partition coefficient (Wildman–Crippen LogP) is 2.79.